The Kier molecular flexibility index (Phi) is 5.15. The maximum atomic E-state index is 13.1. The molecule has 0 saturated carbocycles. The van der Waals surface area contributed by atoms with Gasteiger partial charge in [0.15, 0.2) is 11.6 Å². The maximum Gasteiger partial charge on any atom is 0.313 e. The molecule has 0 unspecified atom stereocenters. The molecule has 0 radical (unpaired) electrons. The van der Waals surface area contributed by atoms with E-state index in [9.17, 15) is 18.0 Å². The Balaban J connectivity index is 2.59. The van der Waals surface area contributed by atoms with Crippen molar-refractivity contribution >= 4 is 5.97 Å². The molecule has 0 fully saturated rings. The first kappa shape index (κ1) is 14.5. The Labute approximate surface area is 103 Å². The summed E-state index contributed by atoms with van der Waals surface area (Å²) in [6.45, 7) is 3.65. The van der Waals surface area contributed by atoms with Crippen LogP contribution in [0.1, 0.15) is 20.3 Å². The highest BCUT2D eigenvalue weighted by atomic mass is 19.1. The van der Waals surface area contributed by atoms with Gasteiger partial charge in [-0.2, -0.15) is 0 Å². The Morgan fingerprint density at radius 3 is 2.28 bits per heavy atom. The van der Waals surface area contributed by atoms with E-state index in [0.717, 1.165) is 0 Å². The molecule has 18 heavy (non-hydrogen) atoms. The molecule has 0 spiro atoms. The van der Waals surface area contributed by atoms with E-state index >= 15 is 0 Å². The van der Waals surface area contributed by atoms with Gasteiger partial charge in [0.25, 0.3) is 0 Å². The van der Waals surface area contributed by atoms with Gasteiger partial charge in [0.1, 0.15) is 5.82 Å². The Morgan fingerprint density at radius 2 is 1.78 bits per heavy atom. The minimum atomic E-state index is -1.26. The van der Waals surface area contributed by atoms with E-state index in [1.54, 1.807) is 13.8 Å². The van der Waals surface area contributed by atoms with Crippen LogP contribution in [0, 0.1) is 17.5 Å². The molecule has 100 valence electrons. The molecule has 0 bridgehead atoms. The van der Waals surface area contributed by atoms with E-state index in [1.165, 1.54) is 0 Å². The SMILES string of the molecule is CC(C)OCCC(=O)Oc1c(F)cc(F)cc1F. The predicted molar refractivity (Wildman–Crippen MR) is 57.7 cm³/mol. The lowest BCUT2D eigenvalue weighted by Gasteiger charge is -2.08. The lowest BCUT2D eigenvalue weighted by molar-refractivity contribution is -0.136. The van der Waals surface area contributed by atoms with Crippen LogP contribution >= 0.6 is 0 Å². The molecular formula is C12H13F3O3. The van der Waals surface area contributed by atoms with Crippen LogP contribution in [0.5, 0.6) is 5.75 Å². The van der Waals surface area contributed by atoms with Crippen molar-refractivity contribution in [1.82, 2.24) is 0 Å². The first-order chi connectivity index (χ1) is 8.40. The molecule has 1 aromatic rings. The third-order valence-corrected chi connectivity index (χ3v) is 1.94. The molecule has 0 atom stereocenters. The first-order valence-electron chi connectivity index (χ1n) is 5.37. The topological polar surface area (TPSA) is 35.5 Å². The van der Waals surface area contributed by atoms with Gasteiger partial charge in [0.2, 0.25) is 5.75 Å². The van der Waals surface area contributed by atoms with Gasteiger partial charge in [-0.25, -0.2) is 13.2 Å². The van der Waals surface area contributed by atoms with E-state index in [0.29, 0.717) is 12.1 Å². The van der Waals surface area contributed by atoms with Gasteiger partial charge in [-0.3, -0.25) is 4.79 Å². The molecule has 0 heterocycles. The molecule has 1 aromatic carbocycles. The van der Waals surface area contributed by atoms with Gasteiger partial charge in [-0.1, -0.05) is 0 Å². The summed E-state index contributed by atoms with van der Waals surface area (Å²) in [4.78, 5) is 11.3. The highest BCUT2D eigenvalue weighted by Crippen LogP contribution is 2.23. The van der Waals surface area contributed by atoms with Gasteiger partial charge in [0, 0.05) is 12.1 Å². The Bertz CT molecular complexity index is 410. The van der Waals surface area contributed by atoms with E-state index < -0.39 is 29.2 Å². The third kappa shape index (κ3) is 4.37. The summed E-state index contributed by atoms with van der Waals surface area (Å²) in [5, 5.41) is 0. The summed E-state index contributed by atoms with van der Waals surface area (Å²) < 4.78 is 48.4. The number of halogens is 3. The Hall–Kier alpha value is -1.56. The minimum absolute atomic E-state index is 0.0582. The second kappa shape index (κ2) is 6.39. The molecule has 0 N–H and O–H groups in total. The van der Waals surface area contributed by atoms with Crippen LogP contribution in [0.3, 0.4) is 0 Å². The highest BCUT2D eigenvalue weighted by Gasteiger charge is 2.16. The molecule has 0 aromatic heterocycles. The number of rotatable bonds is 5. The van der Waals surface area contributed by atoms with Crippen LogP contribution in [0.25, 0.3) is 0 Å². The molecule has 0 saturated heterocycles. The summed E-state index contributed by atoms with van der Waals surface area (Å²) in [6, 6.07) is 0.882. The molecule has 6 heteroatoms. The van der Waals surface area contributed by atoms with Crippen molar-refractivity contribution in [2.45, 2.75) is 26.4 Å². The molecule has 0 aliphatic heterocycles. The number of carbonyl (C=O) groups is 1. The smallest absolute Gasteiger partial charge is 0.313 e. The zero-order chi connectivity index (χ0) is 13.7. The lowest BCUT2D eigenvalue weighted by Crippen LogP contribution is -2.15. The number of esters is 1. The highest BCUT2D eigenvalue weighted by molar-refractivity contribution is 5.72. The van der Waals surface area contributed by atoms with Crippen LogP contribution in [0.15, 0.2) is 12.1 Å². The fourth-order valence-corrected chi connectivity index (χ4v) is 1.17. The zero-order valence-corrected chi connectivity index (χ0v) is 10.0. The minimum Gasteiger partial charge on any atom is -0.420 e. The van der Waals surface area contributed by atoms with Gasteiger partial charge < -0.3 is 9.47 Å². The van der Waals surface area contributed by atoms with Gasteiger partial charge in [-0.05, 0) is 13.8 Å². The average molecular weight is 262 g/mol. The molecule has 3 nitrogen and oxygen atoms in total. The third-order valence-electron chi connectivity index (χ3n) is 1.94. The van der Waals surface area contributed by atoms with E-state index in [1.807, 2.05) is 0 Å². The number of hydrogen-bond donors (Lipinski definition) is 0. The van der Waals surface area contributed by atoms with Gasteiger partial charge in [0.05, 0.1) is 19.1 Å². The van der Waals surface area contributed by atoms with Crippen molar-refractivity contribution < 1.29 is 27.4 Å². The van der Waals surface area contributed by atoms with Crippen molar-refractivity contribution in [3.05, 3.63) is 29.6 Å². The second-order valence-electron chi connectivity index (χ2n) is 3.84. The molecule has 0 aliphatic carbocycles. The van der Waals surface area contributed by atoms with E-state index in [-0.39, 0.29) is 19.1 Å². The fraction of sp³-hybridized carbons (Fsp3) is 0.417. The molecule has 0 amide bonds. The number of benzene rings is 1. The van der Waals surface area contributed by atoms with Crippen molar-refractivity contribution in [2.24, 2.45) is 0 Å². The average Bonchev–Trinajstić information content (AvgIpc) is 2.22. The summed E-state index contributed by atoms with van der Waals surface area (Å²) >= 11 is 0. The number of carbonyl (C=O) groups excluding carboxylic acids is 1. The van der Waals surface area contributed by atoms with Crippen LogP contribution < -0.4 is 4.74 Å². The van der Waals surface area contributed by atoms with E-state index in [2.05, 4.69) is 4.74 Å². The first-order valence-corrected chi connectivity index (χ1v) is 5.37. The van der Waals surface area contributed by atoms with Crippen molar-refractivity contribution in [1.29, 1.82) is 0 Å². The quantitative estimate of drug-likeness (QED) is 0.604. The van der Waals surface area contributed by atoms with Crippen LogP contribution in [0.2, 0.25) is 0 Å². The number of hydrogen-bond acceptors (Lipinski definition) is 3. The lowest BCUT2D eigenvalue weighted by atomic mass is 10.3. The largest absolute Gasteiger partial charge is 0.420 e. The van der Waals surface area contributed by atoms with Crippen molar-refractivity contribution in [2.75, 3.05) is 6.61 Å². The maximum absolute atomic E-state index is 13.1. The monoisotopic (exact) mass is 262 g/mol. The summed E-state index contributed by atoms with van der Waals surface area (Å²) in [7, 11) is 0. The summed E-state index contributed by atoms with van der Waals surface area (Å²) in [5.74, 6) is -5.34. The molecular weight excluding hydrogens is 249 g/mol. The Morgan fingerprint density at radius 1 is 1.22 bits per heavy atom. The second-order valence-corrected chi connectivity index (χ2v) is 3.84. The standard InChI is InChI=1S/C12H13F3O3/c1-7(2)17-4-3-11(16)18-12-9(14)5-8(13)6-10(12)15/h5-7H,3-4H2,1-2H3. The van der Waals surface area contributed by atoms with Gasteiger partial charge >= 0.3 is 5.97 Å². The van der Waals surface area contributed by atoms with Crippen LogP contribution in [-0.2, 0) is 9.53 Å². The predicted octanol–water partition coefficient (Wildman–Crippen LogP) is 2.82. The van der Waals surface area contributed by atoms with Crippen molar-refractivity contribution in [3.63, 3.8) is 0 Å². The van der Waals surface area contributed by atoms with Gasteiger partial charge in [-0.15, -0.1) is 0 Å². The zero-order valence-electron chi connectivity index (χ0n) is 10.0. The molecule has 1 rings (SSSR count). The normalized spacial score (nSPS) is 10.8. The fourth-order valence-electron chi connectivity index (χ4n) is 1.17. The summed E-state index contributed by atoms with van der Waals surface area (Å²) in [5.41, 5.74) is 0. The van der Waals surface area contributed by atoms with Crippen LogP contribution in [0.4, 0.5) is 13.2 Å². The van der Waals surface area contributed by atoms with E-state index in [4.69, 9.17) is 4.74 Å². The number of ether oxygens (including phenoxy) is 2. The summed E-state index contributed by atoms with van der Waals surface area (Å²) in [6.07, 6.45) is -0.203. The van der Waals surface area contributed by atoms with Crippen molar-refractivity contribution in [3.8, 4) is 5.75 Å². The molecule has 0 aliphatic rings. The van der Waals surface area contributed by atoms with Crippen LogP contribution in [-0.4, -0.2) is 18.7 Å².